The fraction of sp³-hybridized carbons (Fsp3) is 0.818. The quantitative estimate of drug-likeness (QED) is 0.528. The molecule has 1 fully saturated rings. The summed E-state index contributed by atoms with van der Waals surface area (Å²) in [4.78, 5) is 10.8. The van der Waals surface area contributed by atoms with Crippen LogP contribution < -0.4 is 0 Å². The van der Waals surface area contributed by atoms with Gasteiger partial charge in [-0.2, -0.15) is 0 Å². The Balaban J connectivity index is 0.00000225. The van der Waals surface area contributed by atoms with Crippen molar-refractivity contribution in [1.29, 1.82) is 0 Å². The summed E-state index contributed by atoms with van der Waals surface area (Å²) in [6, 6.07) is 0. The second-order valence-corrected chi connectivity index (χ2v) is 4.59. The molecule has 0 N–H and O–H groups in total. The first-order chi connectivity index (χ1) is 6.93. The molecule has 0 atom stereocenters. The van der Waals surface area contributed by atoms with Gasteiger partial charge in [0, 0.05) is 6.43 Å². The first kappa shape index (κ1) is 15.8. The number of esters is 1. The van der Waals surface area contributed by atoms with Crippen molar-refractivity contribution < 1.29 is 38.1 Å². The number of hydrogen-bond donors (Lipinski definition) is 0. The molecule has 16 heavy (non-hydrogen) atoms. The molecular weight excluding hydrogens is 392 g/mol. The van der Waals surface area contributed by atoms with Crippen LogP contribution in [0, 0.1) is 12.3 Å². The van der Waals surface area contributed by atoms with Crippen LogP contribution in [-0.2, 0) is 29.3 Å². The first-order valence-electron chi connectivity index (χ1n) is 5.35. The van der Waals surface area contributed by atoms with Gasteiger partial charge in [0.25, 0.3) is 0 Å². The number of halogens is 2. The van der Waals surface area contributed by atoms with Crippen LogP contribution >= 0.6 is 0 Å². The minimum Gasteiger partial charge on any atom is -0.478 e. The van der Waals surface area contributed by atoms with Crippen molar-refractivity contribution in [3.63, 3.8) is 0 Å². The van der Waals surface area contributed by atoms with Gasteiger partial charge in [0.2, 0.25) is 5.97 Å². The minimum absolute atomic E-state index is 0. The maximum absolute atomic E-state index is 12.0. The van der Waals surface area contributed by atoms with Crippen LogP contribution in [0.15, 0.2) is 0 Å². The van der Waals surface area contributed by atoms with Crippen LogP contribution in [0.4, 0.5) is 8.78 Å². The van der Waals surface area contributed by atoms with Gasteiger partial charge in [0.15, 0.2) is 0 Å². The SMILES string of the molecule is CC(C)(OC(=O)[C-](F)F)C1CCCCC1.[Os+]. The molecule has 2 nitrogen and oxygen atoms in total. The van der Waals surface area contributed by atoms with E-state index in [0.717, 1.165) is 25.7 Å². The standard InChI is InChI=1S/C11H17F2O2.Os/c1-11(2,15-10(14)9(12)13)8-6-4-3-5-7-8;/h8H,3-7H2,1-2H3;/q-1;+1. The molecule has 0 aliphatic heterocycles. The summed E-state index contributed by atoms with van der Waals surface area (Å²) in [5, 5.41) is 0. The molecule has 1 aliphatic carbocycles. The summed E-state index contributed by atoms with van der Waals surface area (Å²) in [6.07, 6.45) is 3.01. The van der Waals surface area contributed by atoms with Crippen LogP contribution in [0.3, 0.4) is 0 Å². The van der Waals surface area contributed by atoms with Crippen molar-refractivity contribution in [1.82, 2.24) is 0 Å². The molecule has 0 aromatic heterocycles. The number of carbonyl (C=O) groups excluding carboxylic acids is 1. The Kier molecular flexibility index (Phi) is 6.48. The third-order valence-corrected chi connectivity index (χ3v) is 3.10. The zero-order valence-electron chi connectivity index (χ0n) is 9.54. The molecule has 0 bridgehead atoms. The van der Waals surface area contributed by atoms with Crippen molar-refractivity contribution >= 4 is 5.97 Å². The molecule has 0 heterocycles. The van der Waals surface area contributed by atoms with Gasteiger partial charge in [-0.1, -0.05) is 19.3 Å². The van der Waals surface area contributed by atoms with Gasteiger partial charge in [-0.05, 0) is 32.6 Å². The zero-order chi connectivity index (χ0) is 11.5. The van der Waals surface area contributed by atoms with E-state index < -0.39 is 18.0 Å². The molecule has 95 valence electrons. The Morgan fingerprint density at radius 3 is 2.19 bits per heavy atom. The predicted molar refractivity (Wildman–Crippen MR) is 52.2 cm³/mol. The minimum atomic E-state index is -2.26. The average Bonchev–Trinajstić information content (AvgIpc) is 2.18. The molecule has 5 heteroatoms. The zero-order valence-corrected chi connectivity index (χ0v) is 12.1. The van der Waals surface area contributed by atoms with Crippen molar-refractivity contribution in [2.75, 3.05) is 0 Å². The average molecular weight is 409 g/mol. The van der Waals surface area contributed by atoms with E-state index in [-0.39, 0.29) is 25.7 Å². The Morgan fingerprint density at radius 2 is 1.75 bits per heavy atom. The van der Waals surface area contributed by atoms with Crippen molar-refractivity contribution in [2.24, 2.45) is 5.92 Å². The molecule has 0 amide bonds. The molecular formula is C11H17F2O2Os. The smallest absolute Gasteiger partial charge is 0.478 e. The third-order valence-electron chi connectivity index (χ3n) is 3.10. The summed E-state index contributed by atoms with van der Waals surface area (Å²) in [5.41, 5.74) is -0.777. The van der Waals surface area contributed by atoms with Crippen LogP contribution in [0.1, 0.15) is 46.0 Å². The van der Waals surface area contributed by atoms with Crippen LogP contribution in [0.5, 0.6) is 0 Å². The molecule has 0 aromatic carbocycles. The second kappa shape index (κ2) is 6.54. The normalized spacial score (nSPS) is 17.5. The van der Waals surface area contributed by atoms with Gasteiger partial charge < -0.3 is 13.5 Å². The molecule has 0 aromatic rings. The predicted octanol–water partition coefficient (Wildman–Crippen LogP) is 3.31. The molecule has 1 aliphatic rings. The van der Waals surface area contributed by atoms with E-state index in [1.807, 2.05) is 0 Å². The van der Waals surface area contributed by atoms with E-state index in [4.69, 9.17) is 4.74 Å². The van der Waals surface area contributed by atoms with E-state index in [2.05, 4.69) is 0 Å². The van der Waals surface area contributed by atoms with E-state index in [0.29, 0.717) is 0 Å². The van der Waals surface area contributed by atoms with E-state index >= 15 is 0 Å². The number of rotatable bonds is 3. The van der Waals surface area contributed by atoms with Crippen LogP contribution in [0.2, 0.25) is 0 Å². The number of ether oxygens (including phenoxy) is 1. The molecule has 1 saturated carbocycles. The van der Waals surface area contributed by atoms with Gasteiger partial charge in [-0.25, -0.2) is 0 Å². The van der Waals surface area contributed by atoms with Crippen molar-refractivity contribution in [3.8, 4) is 0 Å². The maximum atomic E-state index is 12.0. The van der Waals surface area contributed by atoms with Crippen molar-refractivity contribution in [2.45, 2.75) is 51.6 Å². The first-order valence-corrected chi connectivity index (χ1v) is 5.35. The van der Waals surface area contributed by atoms with Crippen LogP contribution in [-0.4, -0.2) is 11.6 Å². The summed E-state index contributed by atoms with van der Waals surface area (Å²) in [5.74, 6) is -1.28. The Morgan fingerprint density at radius 1 is 1.25 bits per heavy atom. The molecule has 1 radical (unpaired) electrons. The molecule has 0 spiro atoms. The largest absolute Gasteiger partial charge is 1.00 e. The second-order valence-electron chi connectivity index (χ2n) is 4.59. The number of carbonyl (C=O) groups is 1. The number of hydrogen-bond acceptors (Lipinski definition) is 2. The van der Waals surface area contributed by atoms with Crippen molar-refractivity contribution in [3.05, 3.63) is 6.43 Å². The summed E-state index contributed by atoms with van der Waals surface area (Å²) < 4.78 is 28.7. The van der Waals surface area contributed by atoms with E-state index in [1.54, 1.807) is 13.8 Å². The topological polar surface area (TPSA) is 26.3 Å². The summed E-state index contributed by atoms with van der Waals surface area (Å²) in [7, 11) is 0. The monoisotopic (exact) mass is 411 g/mol. The van der Waals surface area contributed by atoms with Gasteiger partial charge in [-0.15, -0.1) is 0 Å². The Bertz CT molecular complexity index is 226. The Hall–Kier alpha value is -0.164. The summed E-state index contributed by atoms with van der Waals surface area (Å²) >= 11 is 0. The van der Waals surface area contributed by atoms with Gasteiger partial charge >= 0.3 is 19.8 Å². The van der Waals surface area contributed by atoms with Gasteiger partial charge in [-0.3, -0.25) is 4.79 Å². The van der Waals surface area contributed by atoms with Crippen LogP contribution in [0.25, 0.3) is 0 Å². The fourth-order valence-corrected chi connectivity index (χ4v) is 2.16. The molecule has 1 rings (SSSR count). The third kappa shape index (κ3) is 4.37. The molecule has 0 unspecified atom stereocenters. The Labute approximate surface area is 108 Å². The van der Waals surface area contributed by atoms with Gasteiger partial charge in [0.1, 0.15) is 5.60 Å². The van der Waals surface area contributed by atoms with E-state index in [9.17, 15) is 13.6 Å². The maximum Gasteiger partial charge on any atom is 1.00 e. The summed E-state index contributed by atoms with van der Waals surface area (Å²) in [6.45, 7) is 3.42. The van der Waals surface area contributed by atoms with Gasteiger partial charge in [0.05, 0.1) is 0 Å². The van der Waals surface area contributed by atoms with E-state index in [1.165, 1.54) is 6.42 Å². The molecule has 0 saturated heterocycles. The fourth-order valence-electron chi connectivity index (χ4n) is 2.16.